The van der Waals surface area contributed by atoms with Crippen LogP contribution >= 0.6 is 35.7 Å². The molecule has 0 atom stereocenters. The van der Waals surface area contributed by atoms with Gasteiger partial charge in [0.1, 0.15) is 0 Å². The molecule has 1 aromatic rings. The Kier molecular flexibility index (Phi) is 8.37. The Morgan fingerprint density at radius 3 is 2.30 bits per heavy atom. The van der Waals surface area contributed by atoms with Gasteiger partial charge in [-0.15, -0.1) is 35.7 Å². The molecule has 1 saturated heterocycles. The fraction of sp³-hybridized carbons (Fsp3) is 0.533. The van der Waals surface area contributed by atoms with Crippen LogP contribution in [0.5, 0.6) is 0 Å². The Morgan fingerprint density at radius 1 is 1.15 bits per heavy atom. The minimum Gasteiger partial charge on any atom is -0.370 e. The molecule has 0 bridgehead atoms. The van der Waals surface area contributed by atoms with Gasteiger partial charge in [-0.1, -0.05) is 25.0 Å². The molecule has 2 rings (SSSR count). The molecule has 0 unspecified atom stereocenters. The first kappa shape index (κ1) is 17.6. The van der Waals surface area contributed by atoms with Gasteiger partial charge < -0.3 is 10.6 Å². The number of guanidine groups is 1. The maximum absolute atomic E-state index is 6.09. The van der Waals surface area contributed by atoms with Crippen LogP contribution in [0.2, 0.25) is 0 Å². The molecule has 20 heavy (non-hydrogen) atoms. The van der Waals surface area contributed by atoms with Crippen LogP contribution in [0.3, 0.4) is 0 Å². The summed E-state index contributed by atoms with van der Waals surface area (Å²) in [4.78, 5) is 8.04. The van der Waals surface area contributed by atoms with Crippen molar-refractivity contribution in [3.05, 3.63) is 29.8 Å². The topological polar surface area (TPSA) is 41.6 Å². The number of nitrogens with two attached hydrogens (primary N) is 1. The quantitative estimate of drug-likeness (QED) is 0.361. The normalized spacial score (nSPS) is 16.4. The monoisotopic (exact) mass is 405 g/mol. The Hall–Kier alpha value is -0.430. The summed E-state index contributed by atoms with van der Waals surface area (Å²) in [6, 6.07) is 8.53. The highest BCUT2D eigenvalue weighted by atomic mass is 127. The molecule has 1 heterocycles. The minimum absolute atomic E-state index is 0. The van der Waals surface area contributed by atoms with E-state index in [0.717, 1.165) is 13.1 Å². The zero-order valence-corrected chi connectivity index (χ0v) is 15.2. The highest BCUT2D eigenvalue weighted by Crippen LogP contribution is 2.15. The number of likely N-dealkylation sites (tertiary alicyclic amines) is 1. The number of hydrogen-bond donors (Lipinski definition) is 1. The van der Waals surface area contributed by atoms with E-state index < -0.39 is 0 Å². The summed E-state index contributed by atoms with van der Waals surface area (Å²) in [5, 5.41) is 0. The van der Waals surface area contributed by atoms with Crippen molar-refractivity contribution in [3.8, 4) is 0 Å². The van der Waals surface area contributed by atoms with Gasteiger partial charge in [0.05, 0.1) is 6.54 Å². The molecular formula is C15H24IN3S. The predicted molar refractivity (Wildman–Crippen MR) is 99.0 cm³/mol. The fourth-order valence-corrected chi connectivity index (χ4v) is 2.71. The second-order valence-corrected chi connectivity index (χ2v) is 5.80. The molecule has 0 amide bonds. The third kappa shape index (κ3) is 5.52. The van der Waals surface area contributed by atoms with Crippen LogP contribution in [0.4, 0.5) is 0 Å². The van der Waals surface area contributed by atoms with E-state index in [1.165, 1.54) is 36.1 Å². The lowest BCUT2D eigenvalue weighted by atomic mass is 10.2. The Morgan fingerprint density at radius 2 is 1.75 bits per heavy atom. The summed E-state index contributed by atoms with van der Waals surface area (Å²) < 4.78 is 0. The average Bonchev–Trinajstić information content (AvgIpc) is 2.74. The minimum atomic E-state index is 0. The first-order valence-electron chi connectivity index (χ1n) is 6.97. The van der Waals surface area contributed by atoms with Gasteiger partial charge in [-0.25, -0.2) is 4.99 Å². The lowest BCUT2D eigenvalue weighted by molar-refractivity contribution is 0.428. The molecule has 112 valence electrons. The molecule has 0 radical (unpaired) electrons. The van der Waals surface area contributed by atoms with Gasteiger partial charge in [0, 0.05) is 18.0 Å². The third-order valence-electron chi connectivity index (χ3n) is 3.51. The van der Waals surface area contributed by atoms with E-state index in [2.05, 4.69) is 40.4 Å². The number of rotatable bonds is 3. The van der Waals surface area contributed by atoms with E-state index in [9.17, 15) is 0 Å². The molecular weight excluding hydrogens is 381 g/mol. The summed E-state index contributed by atoms with van der Waals surface area (Å²) in [7, 11) is 0. The number of benzene rings is 1. The molecule has 1 fully saturated rings. The van der Waals surface area contributed by atoms with E-state index in [-0.39, 0.29) is 24.0 Å². The zero-order chi connectivity index (χ0) is 13.5. The van der Waals surface area contributed by atoms with Crippen LogP contribution in [-0.2, 0) is 6.54 Å². The standard InChI is InChI=1S/C15H23N3S.HI/c1-19-14-8-6-13(7-9-14)12-17-15(16)18-10-4-2-3-5-11-18;/h6-9H,2-5,10-12H2,1H3,(H2,16,17);1H. The van der Waals surface area contributed by atoms with Crippen molar-refractivity contribution in [2.75, 3.05) is 19.3 Å². The van der Waals surface area contributed by atoms with Crippen molar-refractivity contribution < 1.29 is 0 Å². The number of hydrogen-bond acceptors (Lipinski definition) is 2. The van der Waals surface area contributed by atoms with Gasteiger partial charge in [0.15, 0.2) is 5.96 Å². The van der Waals surface area contributed by atoms with Gasteiger partial charge >= 0.3 is 0 Å². The van der Waals surface area contributed by atoms with E-state index >= 15 is 0 Å². The van der Waals surface area contributed by atoms with Gasteiger partial charge in [-0.2, -0.15) is 0 Å². The number of halogens is 1. The third-order valence-corrected chi connectivity index (χ3v) is 4.26. The summed E-state index contributed by atoms with van der Waals surface area (Å²) in [6.07, 6.45) is 7.20. The van der Waals surface area contributed by atoms with Crippen molar-refractivity contribution >= 4 is 41.7 Å². The first-order chi connectivity index (χ1) is 9.29. The molecule has 0 aliphatic carbocycles. The highest BCUT2D eigenvalue weighted by Gasteiger charge is 2.10. The summed E-state index contributed by atoms with van der Waals surface area (Å²) in [5.41, 5.74) is 7.31. The molecule has 3 nitrogen and oxygen atoms in total. The lowest BCUT2D eigenvalue weighted by Gasteiger charge is -2.21. The van der Waals surface area contributed by atoms with Gasteiger partial charge in [0.25, 0.3) is 0 Å². The van der Waals surface area contributed by atoms with Crippen molar-refractivity contribution in [1.29, 1.82) is 0 Å². The smallest absolute Gasteiger partial charge is 0.191 e. The molecule has 2 N–H and O–H groups in total. The van der Waals surface area contributed by atoms with E-state index in [1.807, 2.05) is 0 Å². The summed E-state index contributed by atoms with van der Waals surface area (Å²) in [5.74, 6) is 0.704. The van der Waals surface area contributed by atoms with Gasteiger partial charge in [0.2, 0.25) is 0 Å². The lowest BCUT2D eigenvalue weighted by Crippen LogP contribution is -2.38. The van der Waals surface area contributed by atoms with E-state index in [4.69, 9.17) is 5.73 Å². The second-order valence-electron chi connectivity index (χ2n) is 4.92. The molecule has 0 saturated carbocycles. The summed E-state index contributed by atoms with van der Waals surface area (Å²) in [6.45, 7) is 2.79. The number of aliphatic imine (C=N–C) groups is 1. The molecule has 1 aliphatic heterocycles. The second kappa shape index (κ2) is 9.50. The summed E-state index contributed by atoms with van der Waals surface area (Å²) >= 11 is 1.76. The molecule has 0 aromatic heterocycles. The van der Waals surface area contributed by atoms with Crippen LogP contribution in [0, 0.1) is 0 Å². The van der Waals surface area contributed by atoms with Crippen LogP contribution in [-0.4, -0.2) is 30.2 Å². The maximum atomic E-state index is 6.09. The molecule has 1 aliphatic rings. The molecule has 5 heteroatoms. The van der Waals surface area contributed by atoms with Crippen molar-refractivity contribution in [3.63, 3.8) is 0 Å². The first-order valence-corrected chi connectivity index (χ1v) is 8.20. The fourth-order valence-electron chi connectivity index (χ4n) is 2.30. The van der Waals surface area contributed by atoms with Crippen LogP contribution in [0.15, 0.2) is 34.2 Å². The SMILES string of the molecule is CSc1ccc(CN=C(N)N2CCCCCC2)cc1.I. The Labute approximate surface area is 143 Å². The van der Waals surface area contributed by atoms with Crippen LogP contribution in [0.1, 0.15) is 31.2 Å². The van der Waals surface area contributed by atoms with Crippen molar-refractivity contribution in [2.24, 2.45) is 10.7 Å². The van der Waals surface area contributed by atoms with Crippen molar-refractivity contribution in [2.45, 2.75) is 37.1 Å². The largest absolute Gasteiger partial charge is 0.370 e. The molecule has 0 spiro atoms. The molecule has 1 aromatic carbocycles. The number of nitrogens with zero attached hydrogens (tertiary/aromatic N) is 2. The highest BCUT2D eigenvalue weighted by molar-refractivity contribution is 14.0. The van der Waals surface area contributed by atoms with E-state index in [0.29, 0.717) is 12.5 Å². The zero-order valence-electron chi connectivity index (χ0n) is 12.0. The number of thioether (sulfide) groups is 1. The van der Waals surface area contributed by atoms with Gasteiger partial charge in [-0.3, -0.25) is 0 Å². The van der Waals surface area contributed by atoms with E-state index in [1.54, 1.807) is 11.8 Å². The Bertz CT molecular complexity index is 412. The average molecular weight is 405 g/mol. The Balaban J connectivity index is 0.00000200. The predicted octanol–water partition coefficient (Wildman–Crippen LogP) is 3.72. The van der Waals surface area contributed by atoms with Crippen molar-refractivity contribution in [1.82, 2.24) is 4.90 Å². The van der Waals surface area contributed by atoms with Crippen LogP contribution in [0.25, 0.3) is 0 Å². The van der Waals surface area contributed by atoms with Crippen LogP contribution < -0.4 is 5.73 Å². The maximum Gasteiger partial charge on any atom is 0.191 e. The van der Waals surface area contributed by atoms with Gasteiger partial charge in [-0.05, 0) is 36.8 Å².